The smallest absolute Gasteiger partial charge is 0.359 e. The second-order valence-electron chi connectivity index (χ2n) is 9.85. The third-order valence-electron chi connectivity index (χ3n) is 5.78. The lowest BCUT2D eigenvalue weighted by Crippen LogP contribution is -2.23. The van der Waals surface area contributed by atoms with E-state index in [0.717, 1.165) is 38.8 Å². The number of aromatic nitrogens is 4. The highest BCUT2D eigenvalue weighted by molar-refractivity contribution is 9.11. The van der Waals surface area contributed by atoms with Crippen LogP contribution in [0.15, 0.2) is 33.0 Å². The number of nitrogens with one attached hydrogen (secondary N) is 1. The summed E-state index contributed by atoms with van der Waals surface area (Å²) in [5.74, 6) is 0.623. The zero-order valence-electron chi connectivity index (χ0n) is 22.3. The van der Waals surface area contributed by atoms with E-state index in [1.54, 1.807) is 18.3 Å². The summed E-state index contributed by atoms with van der Waals surface area (Å²) >= 11 is 6.28. The zero-order valence-corrected chi connectivity index (χ0v) is 26.5. The van der Waals surface area contributed by atoms with Gasteiger partial charge in [0.1, 0.15) is 10.5 Å². The Balaban J connectivity index is 1.62. The van der Waals surface area contributed by atoms with E-state index in [9.17, 15) is 4.79 Å². The van der Waals surface area contributed by atoms with Crippen molar-refractivity contribution in [1.82, 2.24) is 19.7 Å². The molecule has 3 heterocycles. The Morgan fingerprint density at radius 3 is 2.66 bits per heavy atom. The molecule has 9 nitrogen and oxygen atoms in total. The molecule has 0 saturated heterocycles. The molecule has 0 unspecified atom stereocenters. The summed E-state index contributed by atoms with van der Waals surface area (Å²) in [7, 11) is -1.17. The number of benzene rings is 1. The van der Waals surface area contributed by atoms with Crippen molar-refractivity contribution in [1.29, 1.82) is 0 Å². The first-order valence-corrected chi connectivity index (χ1v) is 18.4. The van der Waals surface area contributed by atoms with Crippen LogP contribution in [0, 0.1) is 13.8 Å². The van der Waals surface area contributed by atoms with E-state index < -0.39 is 14.0 Å². The molecular weight excluding hydrogens is 604 g/mol. The van der Waals surface area contributed by atoms with Crippen LogP contribution in [0.25, 0.3) is 10.2 Å². The van der Waals surface area contributed by atoms with E-state index >= 15 is 0 Å². The summed E-state index contributed by atoms with van der Waals surface area (Å²) < 4.78 is 15.0. The second kappa shape index (κ2) is 12.2. The molecule has 202 valence electrons. The summed E-state index contributed by atoms with van der Waals surface area (Å²) in [6.45, 7) is 14.2. The lowest BCUT2D eigenvalue weighted by Gasteiger charge is -2.15. The molecule has 0 radical (unpaired) electrons. The molecule has 0 aliphatic carbocycles. The number of para-hydroxylation sites is 1. The van der Waals surface area contributed by atoms with Crippen molar-refractivity contribution in [3.05, 3.63) is 49.7 Å². The lowest BCUT2D eigenvalue weighted by atomic mass is 10.2. The number of hydrogen-bond acceptors (Lipinski definition) is 10. The summed E-state index contributed by atoms with van der Waals surface area (Å²) in [4.78, 5) is 22.2. The molecule has 0 bridgehead atoms. The normalized spacial score (nSPS) is 12.3. The maximum atomic E-state index is 12.1. The Kier molecular flexibility index (Phi) is 9.14. The molecule has 0 spiro atoms. The molecule has 0 atom stereocenters. The molecule has 0 aliphatic heterocycles. The second-order valence-corrected chi connectivity index (χ2v) is 18.8. The summed E-state index contributed by atoms with van der Waals surface area (Å²) in [5.41, 5.74) is 3.10. The molecule has 0 fully saturated rings. The fraction of sp³-hybridized carbons (Fsp3) is 0.400. The number of fused-ring (bicyclic) bond motifs is 1. The molecule has 1 N–H and O–H groups in total. The quantitative estimate of drug-likeness (QED) is 0.116. The van der Waals surface area contributed by atoms with Gasteiger partial charge in [0.25, 0.3) is 0 Å². The van der Waals surface area contributed by atoms with Gasteiger partial charge in [0.05, 0.1) is 16.8 Å². The van der Waals surface area contributed by atoms with Crippen LogP contribution in [0.3, 0.4) is 0 Å². The Morgan fingerprint density at radius 1 is 1.16 bits per heavy atom. The molecule has 38 heavy (non-hydrogen) atoms. The Hall–Kier alpha value is -2.45. The molecule has 0 saturated carbocycles. The van der Waals surface area contributed by atoms with Crippen molar-refractivity contribution < 1.29 is 14.3 Å². The van der Waals surface area contributed by atoms with E-state index in [4.69, 9.17) is 14.5 Å². The first kappa shape index (κ1) is 28.6. The van der Waals surface area contributed by atoms with Gasteiger partial charge in [0.15, 0.2) is 27.3 Å². The molecule has 1 aromatic carbocycles. The minimum Gasteiger partial charge on any atom is -0.461 e. The molecule has 4 aromatic rings. The van der Waals surface area contributed by atoms with Crippen molar-refractivity contribution in [2.75, 3.05) is 18.5 Å². The highest BCUT2D eigenvalue weighted by Crippen LogP contribution is 2.32. The summed E-state index contributed by atoms with van der Waals surface area (Å²) in [5, 5.41) is 12.5. The van der Waals surface area contributed by atoms with Crippen LogP contribution in [0.4, 0.5) is 16.8 Å². The van der Waals surface area contributed by atoms with Crippen LogP contribution in [0.2, 0.25) is 25.7 Å². The molecule has 3 aromatic heterocycles. The van der Waals surface area contributed by atoms with E-state index in [0.29, 0.717) is 27.3 Å². The Morgan fingerprint density at radius 2 is 1.92 bits per heavy atom. The van der Waals surface area contributed by atoms with Gasteiger partial charge in [-0.25, -0.2) is 9.78 Å². The van der Waals surface area contributed by atoms with Crippen molar-refractivity contribution in [3.63, 3.8) is 0 Å². The van der Waals surface area contributed by atoms with Gasteiger partial charge in [-0.2, -0.15) is 4.99 Å². The number of rotatable bonds is 10. The molecule has 0 amide bonds. The average Bonchev–Trinajstić information content (AvgIpc) is 3.40. The first-order chi connectivity index (χ1) is 18.1. The molecule has 13 heteroatoms. The van der Waals surface area contributed by atoms with Crippen LogP contribution < -0.4 is 10.1 Å². The topological polar surface area (TPSA) is 104 Å². The van der Waals surface area contributed by atoms with Crippen LogP contribution in [-0.4, -0.2) is 47.0 Å². The van der Waals surface area contributed by atoms with Crippen LogP contribution in [0.1, 0.15) is 28.5 Å². The third-order valence-corrected chi connectivity index (χ3v) is 10.2. The standard InChI is InChI=1S/C25H31BrN6O3S2Si/c1-7-35-23(33)19-20(26)37-24(27-19)28-21-15(2)16(3)22(31-30-21)29-25-32(14-34-12-13-38(4,5)6)17-10-8-9-11-18(17)36-25/h8-11H,7,12-14H2,1-6H3,(H,27,28,30). The maximum absolute atomic E-state index is 12.1. The summed E-state index contributed by atoms with van der Waals surface area (Å²) in [6.07, 6.45) is 0. The van der Waals surface area contributed by atoms with E-state index in [-0.39, 0.29) is 12.3 Å². The van der Waals surface area contributed by atoms with Gasteiger partial charge < -0.3 is 14.8 Å². The monoisotopic (exact) mass is 634 g/mol. The Labute approximate surface area is 239 Å². The van der Waals surface area contributed by atoms with Crippen molar-refractivity contribution in [2.45, 2.75) is 53.2 Å². The van der Waals surface area contributed by atoms with E-state index in [1.807, 2.05) is 26.0 Å². The van der Waals surface area contributed by atoms with Gasteiger partial charge in [-0.1, -0.05) is 54.4 Å². The van der Waals surface area contributed by atoms with E-state index in [1.165, 1.54) is 11.3 Å². The fourth-order valence-corrected chi connectivity index (χ4v) is 6.62. The number of nitrogens with zero attached hydrogens (tertiary/aromatic N) is 5. The van der Waals surface area contributed by atoms with Gasteiger partial charge in [0, 0.05) is 25.8 Å². The van der Waals surface area contributed by atoms with Crippen LogP contribution >= 0.6 is 38.6 Å². The SMILES string of the molecule is CCOC(=O)c1nc(Nc2nnc(N=c3sc4ccccc4n3COCC[Si](C)(C)C)c(C)c2C)sc1Br. The number of ether oxygens (including phenoxy) is 2. The third kappa shape index (κ3) is 6.75. The molecule has 4 rings (SSSR count). The first-order valence-electron chi connectivity index (χ1n) is 12.2. The van der Waals surface area contributed by atoms with Crippen LogP contribution in [-0.2, 0) is 16.2 Å². The predicted molar refractivity (Wildman–Crippen MR) is 160 cm³/mol. The number of thiazole rings is 2. The number of carbonyl (C=O) groups is 1. The van der Waals surface area contributed by atoms with Crippen molar-refractivity contribution in [2.24, 2.45) is 4.99 Å². The minimum atomic E-state index is -1.17. The molecular formula is C25H31BrN6O3S2Si. The van der Waals surface area contributed by atoms with Gasteiger partial charge >= 0.3 is 5.97 Å². The van der Waals surface area contributed by atoms with Gasteiger partial charge in [-0.3, -0.25) is 4.57 Å². The summed E-state index contributed by atoms with van der Waals surface area (Å²) in [6, 6.07) is 9.33. The predicted octanol–water partition coefficient (Wildman–Crippen LogP) is 6.79. The van der Waals surface area contributed by atoms with Gasteiger partial charge in [0.2, 0.25) is 0 Å². The average molecular weight is 636 g/mol. The Bertz CT molecular complexity index is 1530. The largest absolute Gasteiger partial charge is 0.461 e. The van der Waals surface area contributed by atoms with Crippen molar-refractivity contribution in [3.8, 4) is 0 Å². The van der Waals surface area contributed by atoms with Gasteiger partial charge in [-0.05, 0) is 54.9 Å². The number of esters is 1. The number of halogens is 1. The number of carbonyl (C=O) groups excluding carboxylic acids is 1. The fourth-order valence-electron chi connectivity index (χ4n) is 3.45. The van der Waals surface area contributed by atoms with E-state index in [2.05, 4.69) is 72.8 Å². The van der Waals surface area contributed by atoms with Crippen molar-refractivity contribution >= 4 is 79.6 Å². The highest BCUT2D eigenvalue weighted by Gasteiger charge is 2.19. The zero-order chi connectivity index (χ0) is 27.4. The highest BCUT2D eigenvalue weighted by atomic mass is 79.9. The number of hydrogen-bond donors (Lipinski definition) is 1. The minimum absolute atomic E-state index is 0.231. The van der Waals surface area contributed by atoms with Gasteiger partial charge in [-0.15, -0.1) is 10.2 Å². The van der Waals surface area contributed by atoms with Crippen LogP contribution in [0.5, 0.6) is 0 Å². The lowest BCUT2D eigenvalue weighted by molar-refractivity contribution is 0.0519. The number of anilines is 2. The maximum Gasteiger partial charge on any atom is 0.359 e. The molecule has 0 aliphatic rings.